The van der Waals surface area contributed by atoms with Crippen LogP contribution in [0.25, 0.3) is 16.9 Å². The Balaban J connectivity index is 1.54. The lowest BCUT2D eigenvalue weighted by atomic mass is 10.0. The summed E-state index contributed by atoms with van der Waals surface area (Å²) in [6.07, 6.45) is 3.89. The third-order valence-electron chi connectivity index (χ3n) is 6.15. The highest BCUT2D eigenvalue weighted by molar-refractivity contribution is 5.96. The Kier molecular flexibility index (Phi) is 6.14. The summed E-state index contributed by atoms with van der Waals surface area (Å²) in [5.41, 5.74) is 5.89. The Labute approximate surface area is 210 Å². The highest BCUT2D eigenvalue weighted by Gasteiger charge is 2.24. The van der Waals surface area contributed by atoms with Gasteiger partial charge in [-0.05, 0) is 75.9 Å². The van der Waals surface area contributed by atoms with E-state index in [1.807, 2.05) is 56.3 Å². The largest absolute Gasteiger partial charge is 0.389 e. The van der Waals surface area contributed by atoms with Crippen LogP contribution in [0.15, 0.2) is 54.7 Å². The predicted molar refractivity (Wildman–Crippen MR) is 143 cm³/mol. The summed E-state index contributed by atoms with van der Waals surface area (Å²) in [4.78, 5) is 17.2. The Morgan fingerprint density at radius 2 is 1.94 bits per heavy atom. The van der Waals surface area contributed by atoms with Crippen molar-refractivity contribution in [3.8, 4) is 11.3 Å². The molecule has 36 heavy (non-hydrogen) atoms. The fourth-order valence-electron chi connectivity index (χ4n) is 4.11. The number of amides is 1. The second-order valence-electron chi connectivity index (χ2n) is 10.3. The lowest BCUT2D eigenvalue weighted by molar-refractivity contribution is 0.0940. The van der Waals surface area contributed by atoms with Crippen molar-refractivity contribution in [3.63, 3.8) is 0 Å². The van der Waals surface area contributed by atoms with Gasteiger partial charge in [-0.3, -0.25) is 4.79 Å². The molecule has 8 nitrogen and oxygen atoms in total. The van der Waals surface area contributed by atoms with Gasteiger partial charge in [-0.2, -0.15) is 0 Å². The number of hydrogen-bond acceptors (Lipinski definition) is 6. The van der Waals surface area contributed by atoms with Gasteiger partial charge < -0.3 is 21.1 Å². The van der Waals surface area contributed by atoms with Crippen LogP contribution in [-0.2, 0) is 0 Å². The number of rotatable bonds is 8. The van der Waals surface area contributed by atoms with Gasteiger partial charge in [0.25, 0.3) is 5.91 Å². The average Bonchev–Trinajstić information content (AvgIpc) is 3.52. The molecule has 0 saturated heterocycles. The van der Waals surface area contributed by atoms with Gasteiger partial charge in [0.15, 0.2) is 11.5 Å². The number of nitrogens with zero attached hydrogens (tertiary/aromatic N) is 3. The first-order valence-corrected chi connectivity index (χ1v) is 12.3. The average molecular weight is 485 g/mol. The Morgan fingerprint density at radius 3 is 2.64 bits per heavy atom. The van der Waals surface area contributed by atoms with Crippen molar-refractivity contribution < 1.29 is 9.90 Å². The molecule has 0 aliphatic heterocycles. The molecule has 1 saturated carbocycles. The standard InChI is InChI=1S/C28H32N6O2/c1-17-6-5-7-21(12-17)31-25-14-23(30-16-28(3,4)36)26-29-15-24(34(26)33-25)19-8-11-22(18(2)13-19)27(35)32-20-9-10-20/h5-8,11-15,20,30,36H,9-10,16H2,1-4H3,(H,31,33)(H,32,35). The molecule has 4 N–H and O–H groups in total. The van der Waals surface area contributed by atoms with Crippen molar-refractivity contribution in [2.24, 2.45) is 0 Å². The molecule has 0 atom stereocenters. The fraction of sp³-hybridized carbons (Fsp3) is 0.321. The first-order valence-electron chi connectivity index (χ1n) is 12.3. The van der Waals surface area contributed by atoms with E-state index in [-0.39, 0.29) is 5.91 Å². The second kappa shape index (κ2) is 9.28. The summed E-state index contributed by atoms with van der Waals surface area (Å²) < 4.78 is 1.80. The number of aryl methyl sites for hydroxylation is 2. The van der Waals surface area contributed by atoms with Crippen LogP contribution in [0.2, 0.25) is 0 Å². The van der Waals surface area contributed by atoms with E-state index in [9.17, 15) is 9.90 Å². The number of hydrogen-bond donors (Lipinski definition) is 4. The molecule has 2 aromatic heterocycles. The molecule has 8 heteroatoms. The van der Waals surface area contributed by atoms with Crippen molar-refractivity contribution in [3.05, 3.63) is 71.4 Å². The lowest BCUT2D eigenvalue weighted by Crippen LogP contribution is -2.29. The molecule has 1 amide bonds. The Bertz CT molecular complexity index is 1430. The van der Waals surface area contributed by atoms with Crippen LogP contribution in [0.5, 0.6) is 0 Å². The summed E-state index contributed by atoms with van der Waals surface area (Å²) in [6, 6.07) is 16.1. The third-order valence-corrected chi connectivity index (χ3v) is 6.15. The van der Waals surface area contributed by atoms with E-state index >= 15 is 0 Å². The molecule has 1 aliphatic carbocycles. The predicted octanol–water partition coefficient (Wildman–Crippen LogP) is 4.83. The Hall–Kier alpha value is -3.91. The number of fused-ring (bicyclic) bond motifs is 1. The van der Waals surface area contributed by atoms with E-state index < -0.39 is 5.60 Å². The maximum absolute atomic E-state index is 12.6. The topological polar surface area (TPSA) is 104 Å². The van der Waals surface area contributed by atoms with E-state index in [1.165, 1.54) is 0 Å². The summed E-state index contributed by atoms with van der Waals surface area (Å²) in [6.45, 7) is 7.85. The van der Waals surface area contributed by atoms with Crippen molar-refractivity contribution in [2.45, 2.75) is 52.2 Å². The van der Waals surface area contributed by atoms with E-state index in [1.54, 1.807) is 24.6 Å². The molecule has 0 spiro atoms. The van der Waals surface area contributed by atoms with Crippen LogP contribution < -0.4 is 16.0 Å². The first-order chi connectivity index (χ1) is 17.2. The van der Waals surface area contributed by atoms with E-state index in [0.29, 0.717) is 29.6 Å². The molecule has 4 aromatic rings. The van der Waals surface area contributed by atoms with Crippen LogP contribution in [0.4, 0.5) is 17.2 Å². The molecule has 2 heterocycles. The summed E-state index contributed by atoms with van der Waals surface area (Å²) >= 11 is 0. The fourth-order valence-corrected chi connectivity index (χ4v) is 4.11. The minimum Gasteiger partial charge on any atom is -0.389 e. The number of aromatic nitrogens is 3. The normalized spacial score (nSPS) is 13.6. The maximum atomic E-state index is 12.6. The monoisotopic (exact) mass is 484 g/mol. The molecule has 2 aromatic carbocycles. The Morgan fingerprint density at radius 1 is 1.14 bits per heavy atom. The van der Waals surface area contributed by atoms with Crippen molar-refractivity contribution in [2.75, 3.05) is 17.2 Å². The van der Waals surface area contributed by atoms with Crippen molar-refractivity contribution in [1.29, 1.82) is 0 Å². The second-order valence-corrected chi connectivity index (χ2v) is 10.3. The summed E-state index contributed by atoms with van der Waals surface area (Å²) in [5, 5.41) is 24.9. The van der Waals surface area contributed by atoms with Gasteiger partial charge in [0, 0.05) is 35.5 Å². The lowest BCUT2D eigenvalue weighted by Gasteiger charge is -2.19. The number of carbonyl (C=O) groups excluding carboxylic acids is 1. The highest BCUT2D eigenvalue weighted by Crippen LogP contribution is 2.29. The molecule has 0 bridgehead atoms. The van der Waals surface area contributed by atoms with Crippen molar-refractivity contribution >= 4 is 28.7 Å². The zero-order valence-corrected chi connectivity index (χ0v) is 21.1. The van der Waals surface area contributed by atoms with Crippen LogP contribution in [0, 0.1) is 13.8 Å². The summed E-state index contributed by atoms with van der Waals surface area (Å²) in [5.74, 6) is 0.614. The zero-order valence-electron chi connectivity index (χ0n) is 21.1. The molecular formula is C28H32N6O2. The van der Waals surface area contributed by atoms with Crippen molar-refractivity contribution in [1.82, 2.24) is 19.9 Å². The van der Waals surface area contributed by atoms with E-state index in [0.717, 1.165) is 46.6 Å². The molecule has 5 rings (SSSR count). The van der Waals surface area contributed by atoms with E-state index in [2.05, 4.69) is 27.0 Å². The zero-order chi connectivity index (χ0) is 25.4. The number of aliphatic hydroxyl groups is 1. The first kappa shape index (κ1) is 23.8. The third kappa shape index (κ3) is 5.33. The molecule has 1 fully saturated rings. The molecule has 186 valence electrons. The molecule has 1 aliphatic rings. The molecule has 0 radical (unpaired) electrons. The number of anilines is 3. The maximum Gasteiger partial charge on any atom is 0.251 e. The number of benzene rings is 2. The van der Waals surface area contributed by atoms with Gasteiger partial charge in [-0.25, -0.2) is 9.50 Å². The van der Waals surface area contributed by atoms with Gasteiger partial charge in [0.1, 0.15) is 0 Å². The molecule has 0 unspecified atom stereocenters. The summed E-state index contributed by atoms with van der Waals surface area (Å²) in [7, 11) is 0. The highest BCUT2D eigenvalue weighted by atomic mass is 16.3. The number of imidazole rings is 1. The van der Waals surface area contributed by atoms with Crippen LogP contribution in [-0.4, -0.2) is 43.8 Å². The van der Waals surface area contributed by atoms with Crippen LogP contribution in [0.3, 0.4) is 0 Å². The van der Waals surface area contributed by atoms with Gasteiger partial charge in [0.05, 0.1) is 23.2 Å². The quantitative estimate of drug-likeness (QED) is 0.286. The van der Waals surface area contributed by atoms with Gasteiger partial charge in [-0.15, -0.1) is 5.10 Å². The smallest absolute Gasteiger partial charge is 0.251 e. The van der Waals surface area contributed by atoms with E-state index in [4.69, 9.17) is 5.10 Å². The SMILES string of the molecule is Cc1cccc(Nc2cc(NCC(C)(C)O)c3ncc(-c4ccc(C(=O)NC5CC5)c(C)c4)n3n2)c1. The van der Waals surface area contributed by atoms with Gasteiger partial charge >= 0.3 is 0 Å². The number of nitrogens with one attached hydrogen (secondary N) is 3. The minimum absolute atomic E-state index is 0.0273. The van der Waals surface area contributed by atoms with Gasteiger partial charge in [0.2, 0.25) is 0 Å². The van der Waals surface area contributed by atoms with Crippen LogP contribution in [0.1, 0.15) is 48.2 Å². The minimum atomic E-state index is -0.895. The molecular weight excluding hydrogens is 452 g/mol. The van der Waals surface area contributed by atoms with Crippen LogP contribution >= 0.6 is 0 Å². The number of carbonyl (C=O) groups is 1. The van der Waals surface area contributed by atoms with Gasteiger partial charge in [-0.1, -0.05) is 18.2 Å².